The molecule has 0 unspecified atom stereocenters. The van der Waals surface area contributed by atoms with Crippen LogP contribution in [0.5, 0.6) is 0 Å². The highest BCUT2D eigenvalue weighted by Gasteiger charge is 2.31. The second kappa shape index (κ2) is 8.64. The number of carbonyl (C=O) groups excluding carboxylic acids is 1. The molecule has 1 saturated heterocycles. The van der Waals surface area contributed by atoms with Gasteiger partial charge in [-0.15, -0.1) is 11.3 Å². The Labute approximate surface area is 189 Å². The largest absolute Gasteiger partial charge is 0.465 e. The van der Waals surface area contributed by atoms with Gasteiger partial charge in [-0.1, -0.05) is 11.6 Å². The highest BCUT2D eigenvalue weighted by Crippen LogP contribution is 2.36. The van der Waals surface area contributed by atoms with E-state index in [4.69, 9.17) is 8.94 Å². The average Bonchev–Trinajstić information content (AvgIpc) is 3.52. The van der Waals surface area contributed by atoms with Gasteiger partial charge >= 0.3 is 0 Å². The summed E-state index contributed by atoms with van der Waals surface area (Å²) in [6, 6.07) is 5.10. The predicted molar refractivity (Wildman–Crippen MR) is 117 cm³/mol. The van der Waals surface area contributed by atoms with Gasteiger partial charge in [-0.3, -0.25) is 4.79 Å². The van der Waals surface area contributed by atoms with Crippen LogP contribution in [0.1, 0.15) is 36.8 Å². The summed E-state index contributed by atoms with van der Waals surface area (Å²) in [6.45, 7) is 1.14. The van der Waals surface area contributed by atoms with E-state index in [2.05, 4.69) is 10.1 Å². The molecule has 0 atom stereocenters. The monoisotopic (exact) mass is 474 g/mol. The Balaban J connectivity index is 1.22. The lowest BCUT2D eigenvalue weighted by Crippen LogP contribution is -2.50. The van der Waals surface area contributed by atoms with E-state index < -0.39 is 10.0 Å². The van der Waals surface area contributed by atoms with E-state index in [0.717, 1.165) is 24.2 Å². The molecule has 5 rings (SSSR count). The first-order valence-electron chi connectivity index (χ1n) is 10.4. The summed E-state index contributed by atoms with van der Waals surface area (Å²) < 4.78 is 38.4. The van der Waals surface area contributed by atoms with Gasteiger partial charge in [0.05, 0.1) is 6.26 Å². The van der Waals surface area contributed by atoms with E-state index in [9.17, 15) is 13.2 Å². The minimum Gasteiger partial charge on any atom is -0.465 e. The zero-order valence-corrected chi connectivity index (χ0v) is 18.8. The fourth-order valence-corrected chi connectivity index (χ4v) is 6.40. The molecule has 2 fully saturated rings. The number of nitrogens with zero attached hydrogens (tertiary/aromatic N) is 4. The third-order valence-corrected chi connectivity index (χ3v) is 9.12. The predicted octanol–water partition coefficient (Wildman–Crippen LogP) is 3.20. The molecule has 0 radical (unpaired) electrons. The number of thiophene rings is 1. The van der Waals surface area contributed by atoms with Crippen molar-refractivity contribution in [3.05, 3.63) is 47.6 Å². The molecule has 0 N–H and O–H groups in total. The Hall–Kier alpha value is -2.76. The molecule has 1 saturated carbocycles. The van der Waals surface area contributed by atoms with Crippen LogP contribution in [-0.4, -0.2) is 59.8 Å². The molecular weight excluding hydrogens is 452 g/mol. The molecule has 2 aliphatic rings. The zero-order chi connectivity index (χ0) is 22.1. The van der Waals surface area contributed by atoms with Crippen LogP contribution in [0.4, 0.5) is 0 Å². The van der Waals surface area contributed by atoms with Crippen LogP contribution in [0.25, 0.3) is 17.5 Å². The zero-order valence-electron chi connectivity index (χ0n) is 17.2. The number of carbonyl (C=O) groups is 1. The van der Waals surface area contributed by atoms with Gasteiger partial charge in [0, 0.05) is 49.1 Å². The topological polar surface area (TPSA) is 110 Å². The maximum Gasteiger partial charge on any atom is 0.252 e. The van der Waals surface area contributed by atoms with E-state index in [1.165, 1.54) is 23.1 Å². The second-order valence-electron chi connectivity index (χ2n) is 7.82. The number of furan rings is 1. The third kappa shape index (κ3) is 4.15. The summed E-state index contributed by atoms with van der Waals surface area (Å²) in [7, 11) is -3.65. The van der Waals surface area contributed by atoms with Crippen molar-refractivity contribution in [3.8, 4) is 11.4 Å². The van der Waals surface area contributed by atoms with Crippen molar-refractivity contribution < 1.29 is 22.2 Å². The molecule has 3 aromatic rings. The van der Waals surface area contributed by atoms with Crippen LogP contribution in [0.2, 0.25) is 0 Å². The minimum atomic E-state index is -3.65. The second-order valence-corrected chi connectivity index (χ2v) is 10.9. The summed E-state index contributed by atoms with van der Waals surface area (Å²) >= 11 is 1.14. The molecule has 0 spiro atoms. The molecule has 3 aromatic heterocycles. The summed E-state index contributed by atoms with van der Waals surface area (Å²) in [5.74, 6) is 1.80. The van der Waals surface area contributed by atoms with Crippen LogP contribution >= 0.6 is 11.3 Å². The normalized spacial score (nSPS) is 18.3. The third-order valence-electron chi connectivity index (χ3n) is 5.81. The Morgan fingerprint density at radius 2 is 2.03 bits per heavy atom. The van der Waals surface area contributed by atoms with Crippen molar-refractivity contribution in [2.24, 2.45) is 0 Å². The summed E-state index contributed by atoms with van der Waals surface area (Å²) in [4.78, 5) is 18.4. The van der Waals surface area contributed by atoms with Crippen molar-refractivity contribution in [2.45, 2.75) is 29.4 Å². The molecule has 32 heavy (non-hydrogen) atoms. The van der Waals surface area contributed by atoms with Gasteiger partial charge in [0.25, 0.3) is 10.0 Å². The lowest BCUT2D eigenvalue weighted by molar-refractivity contribution is -0.127. The summed E-state index contributed by atoms with van der Waals surface area (Å²) in [6.07, 6.45) is 7.86. The van der Waals surface area contributed by atoms with Gasteiger partial charge in [0.1, 0.15) is 9.97 Å². The Morgan fingerprint density at radius 1 is 1.22 bits per heavy atom. The number of hydrogen-bond donors (Lipinski definition) is 0. The van der Waals surface area contributed by atoms with E-state index in [-0.39, 0.29) is 23.2 Å². The highest BCUT2D eigenvalue weighted by molar-refractivity contribution is 7.91. The lowest BCUT2D eigenvalue weighted by Gasteiger charge is -2.33. The molecule has 11 heteroatoms. The van der Waals surface area contributed by atoms with Crippen molar-refractivity contribution >= 4 is 33.3 Å². The van der Waals surface area contributed by atoms with Crippen LogP contribution in [0.15, 0.2) is 49.1 Å². The van der Waals surface area contributed by atoms with E-state index in [1.807, 2.05) is 0 Å². The minimum absolute atomic E-state index is 0.170. The van der Waals surface area contributed by atoms with Crippen molar-refractivity contribution in [1.29, 1.82) is 0 Å². The van der Waals surface area contributed by atoms with Crippen molar-refractivity contribution in [1.82, 2.24) is 19.3 Å². The maximum atomic E-state index is 13.1. The van der Waals surface area contributed by atoms with Gasteiger partial charge in [0.15, 0.2) is 0 Å². The molecular formula is C21H22N4O5S2. The summed E-state index contributed by atoms with van der Waals surface area (Å²) in [5.41, 5.74) is 0.639. The molecule has 9 nitrogen and oxygen atoms in total. The molecule has 4 heterocycles. The SMILES string of the molecule is O=C(C=Cc1ccco1)N1CCN(S(=O)(=O)c2cc(-c3noc(C4CCC4)n3)cs2)CC1. The fraction of sp³-hybridized carbons (Fsp3) is 0.381. The van der Waals surface area contributed by atoms with Crippen LogP contribution in [0.3, 0.4) is 0 Å². The molecule has 1 aliphatic heterocycles. The van der Waals surface area contributed by atoms with Gasteiger partial charge < -0.3 is 13.8 Å². The molecule has 0 aromatic carbocycles. The molecule has 0 bridgehead atoms. The number of hydrogen-bond acceptors (Lipinski definition) is 8. The van der Waals surface area contributed by atoms with Gasteiger partial charge in [-0.2, -0.15) is 9.29 Å². The van der Waals surface area contributed by atoms with Crippen LogP contribution < -0.4 is 0 Å². The van der Waals surface area contributed by atoms with Crippen LogP contribution in [-0.2, 0) is 14.8 Å². The Bertz CT molecular complexity index is 1220. The van der Waals surface area contributed by atoms with Gasteiger partial charge in [-0.05, 0) is 37.1 Å². The van der Waals surface area contributed by atoms with E-state index in [1.54, 1.807) is 34.6 Å². The number of piperazine rings is 1. The first-order valence-corrected chi connectivity index (χ1v) is 12.8. The van der Waals surface area contributed by atoms with E-state index in [0.29, 0.717) is 42.0 Å². The Kier molecular flexibility index (Phi) is 5.70. The van der Waals surface area contributed by atoms with Crippen molar-refractivity contribution in [2.75, 3.05) is 26.2 Å². The number of rotatable bonds is 6. The maximum absolute atomic E-state index is 13.1. The average molecular weight is 475 g/mol. The van der Waals surface area contributed by atoms with Gasteiger partial charge in [0.2, 0.25) is 17.6 Å². The number of amides is 1. The first-order chi connectivity index (χ1) is 15.5. The van der Waals surface area contributed by atoms with Gasteiger partial charge in [-0.25, -0.2) is 8.42 Å². The molecule has 168 valence electrons. The van der Waals surface area contributed by atoms with Crippen molar-refractivity contribution in [3.63, 3.8) is 0 Å². The standard InChI is InChI=1S/C21H22N4O5S2/c26-18(7-6-17-5-2-12-29-17)24-8-10-25(11-9-24)32(27,28)19-13-16(14-31-19)20-22-21(30-23-20)15-3-1-4-15/h2,5-7,12-15H,1,3-4,8-11H2. The Morgan fingerprint density at radius 3 is 2.72 bits per heavy atom. The van der Waals surface area contributed by atoms with E-state index >= 15 is 0 Å². The smallest absolute Gasteiger partial charge is 0.252 e. The van der Waals surface area contributed by atoms with Crippen LogP contribution in [0, 0.1) is 0 Å². The fourth-order valence-electron chi connectivity index (χ4n) is 3.66. The highest BCUT2D eigenvalue weighted by atomic mass is 32.2. The number of sulfonamides is 1. The lowest BCUT2D eigenvalue weighted by atomic mass is 9.85. The summed E-state index contributed by atoms with van der Waals surface area (Å²) in [5, 5.41) is 5.75. The first kappa shape index (κ1) is 21.1. The number of aromatic nitrogens is 2. The molecule has 1 aliphatic carbocycles. The quantitative estimate of drug-likeness (QED) is 0.505. The molecule has 1 amide bonds.